The van der Waals surface area contributed by atoms with Crippen LogP contribution in [0.1, 0.15) is 24.3 Å². The molecule has 2 nitrogen and oxygen atoms in total. The first-order valence-electron chi connectivity index (χ1n) is 4.67. The second kappa shape index (κ2) is 3.62. The molecule has 2 rings (SSSR count). The summed E-state index contributed by atoms with van der Waals surface area (Å²) in [4.78, 5) is 11.0. The standard InChI is InChI=1S/C11H11ClO2/c12-9-3-1-2-8(6-9)10(11(13)14)7-4-5-7/h1-3,6-7,10H,4-5H2,(H,13,14). The Labute approximate surface area is 87.5 Å². The van der Waals surface area contributed by atoms with Gasteiger partial charge >= 0.3 is 5.97 Å². The molecule has 1 N–H and O–H groups in total. The molecule has 0 spiro atoms. The van der Waals surface area contributed by atoms with Crippen LogP contribution in [0.2, 0.25) is 5.02 Å². The molecular weight excluding hydrogens is 200 g/mol. The molecule has 1 aliphatic rings. The minimum absolute atomic E-state index is 0.311. The van der Waals surface area contributed by atoms with E-state index in [0.29, 0.717) is 10.9 Å². The number of carboxylic acids is 1. The van der Waals surface area contributed by atoms with E-state index in [0.717, 1.165) is 18.4 Å². The summed E-state index contributed by atoms with van der Waals surface area (Å²) in [6.07, 6.45) is 2.03. The van der Waals surface area contributed by atoms with Crippen LogP contribution >= 0.6 is 11.6 Å². The molecule has 1 aromatic carbocycles. The maximum atomic E-state index is 11.0. The summed E-state index contributed by atoms with van der Waals surface area (Å²) in [5.41, 5.74) is 0.826. The van der Waals surface area contributed by atoms with Gasteiger partial charge in [0.15, 0.2) is 0 Å². The summed E-state index contributed by atoms with van der Waals surface area (Å²) in [6, 6.07) is 7.15. The van der Waals surface area contributed by atoms with E-state index in [1.54, 1.807) is 18.2 Å². The van der Waals surface area contributed by atoms with E-state index in [2.05, 4.69) is 0 Å². The van der Waals surface area contributed by atoms with Crippen molar-refractivity contribution in [3.8, 4) is 0 Å². The molecule has 74 valence electrons. The quantitative estimate of drug-likeness (QED) is 0.833. The summed E-state index contributed by atoms with van der Waals surface area (Å²) in [5, 5.41) is 9.69. The zero-order valence-corrected chi connectivity index (χ0v) is 8.37. The Kier molecular flexibility index (Phi) is 2.46. The van der Waals surface area contributed by atoms with E-state index in [9.17, 15) is 4.79 Å². The normalized spacial score (nSPS) is 17.8. The van der Waals surface area contributed by atoms with Crippen LogP contribution in [0.25, 0.3) is 0 Å². The predicted molar refractivity (Wildman–Crippen MR) is 54.6 cm³/mol. The van der Waals surface area contributed by atoms with Gasteiger partial charge in [-0.15, -0.1) is 0 Å². The highest BCUT2D eigenvalue weighted by Gasteiger charge is 2.37. The molecule has 1 aliphatic carbocycles. The molecule has 0 heterocycles. The fraction of sp³-hybridized carbons (Fsp3) is 0.364. The van der Waals surface area contributed by atoms with Gasteiger partial charge in [0.1, 0.15) is 0 Å². The topological polar surface area (TPSA) is 37.3 Å². The fourth-order valence-corrected chi connectivity index (χ4v) is 1.94. The summed E-state index contributed by atoms with van der Waals surface area (Å²) in [7, 11) is 0. The summed E-state index contributed by atoms with van der Waals surface area (Å²) in [6.45, 7) is 0. The summed E-state index contributed by atoms with van der Waals surface area (Å²) in [5.74, 6) is -0.797. The number of hydrogen-bond donors (Lipinski definition) is 1. The lowest BCUT2D eigenvalue weighted by Gasteiger charge is -2.11. The van der Waals surface area contributed by atoms with Crippen molar-refractivity contribution < 1.29 is 9.90 Å². The average Bonchev–Trinajstić information content (AvgIpc) is 2.88. The lowest BCUT2D eigenvalue weighted by molar-refractivity contribution is -0.139. The second-order valence-electron chi connectivity index (χ2n) is 3.71. The van der Waals surface area contributed by atoms with E-state index < -0.39 is 5.97 Å². The molecule has 0 amide bonds. The van der Waals surface area contributed by atoms with Gasteiger partial charge in [0.25, 0.3) is 0 Å². The number of aliphatic carboxylic acids is 1. The van der Waals surface area contributed by atoms with Crippen molar-refractivity contribution >= 4 is 17.6 Å². The first kappa shape index (κ1) is 9.53. The van der Waals surface area contributed by atoms with Crippen molar-refractivity contribution in [3.05, 3.63) is 34.9 Å². The maximum Gasteiger partial charge on any atom is 0.311 e. The van der Waals surface area contributed by atoms with Gasteiger partial charge in [-0.05, 0) is 36.5 Å². The lowest BCUT2D eigenvalue weighted by Crippen LogP contribution is -2.13. The first-order chi connectivity index (χ1) is 6.68. The van der Waals surface area contributed by atoms with E-state index in [4.69, 9.17) is 16.7 Å². The molecule has 0 bridgehead atoms. The zero-order chi connectivity index (χ0) is 10.1. The first-order valence-corrected chi connectivity index (χ1v) is 5.04. The minimum Gasteiger partial charge on any atom is -0.481 e. The van der Waals surface area contributed by atoms with Gasteiger partial charge in [-0.3, -0.25) is 4.79 Å². The van der Waals surface area contributed by atoms with E-state index >= 15 is 0 Å². The second-order valence-corrected chi connectivity index (χ2v) is 4.14. The minimum atomic E-state index is -0.741. The highest BCUT2D eigenvalue weighted by molar-refractivity contribution is 6.30. The number of benzene rings is 1. The van der Waals surface area contributed by atoms with Crippen molar-refractivity contribution in [2.24, 2.45) is 5.92 Å². The predicted octanol–water partition coefficient (Wildman–Crippen LogP) is 2.92. The Morgan fingerprint density at radius 2 is 2.21 bits per heavy atom. The highest BCUT2D eigenvalue weighted by atomic mass is 35.5. The Morgan fingerprint density at radius 3 is 2.71 bits per heavy atom. The van der Waals surface area contributed by atoms with Crippen molar-refractivity contribution in [3.63, 3.8) is 0 Å². The van der Waals surface area contributed by atoms with Gasteiger partial charge in [0.2, 0.25) is 0 Å². The van der Waals surface area contributed by atoms with Crippen molar-refractivity contribution in [2.75, 3.05) is 0 Å². The number of hydrogen-bond acceptors (Lipinski definition) is 1. The van der Waals surface area contributed by atoms with E-state index in [1.807, 2.05) is 6.07 Å². The van der Waals surface area contributed by atoms with Gasteiger partial charge in [0.05, 0.1) is 5.92 Å². The molecule has 0 saturated heterocycles. The molecule has 0 aliphatic heterocycles. The fourth-order valence-electron chi connectivity index (χ4n) is 1.75. The smallest absolute Gasteiger partial charge is 0.311 e. The Morgan fingerprint density at radius 1 is 1.50 bits per heavy atom. The van der Waals surface area contributed by atoms with Crippen molar-refractivity contribution in [2.45, 2.75) is 18.8 Å². The van der Waals surface area contributed by atoms with Crippen molar-refractivity contribution in [1.29, 1.82) is 0 Å². The van der Waals surface area contributed by atoms with E-state index in [1.165, 1.54) is 0 Å². The Bertz CT molecular complexity index is 358. The summed E-state index contributed by atoms with van der Waals surface area (Å²) >= 11 is 5.83. The number of rotatable bonds is 3. The van der Waals surface area contributed by atoms with Crippen LogP contribution in [0.5, 0.6) is 0 Å². The largest absolute Gasteiger partial charge is 0.481 e. The van der Waals surface area contributed by atoms with Gasteiger partial charge in [0, 0.05) is 5.02 Å². The van der Waals surface area contributed by atoms with Crippen LogP contribution in [0.4, 0.5) is 0 Å². The SMILES string of the molecule is O=C(O)C(c1cccc(Cl)c1)C1CC1. The van der Waals surface area contributed by atoms with Crippen LogP contribution < -0.4 is 0 Å². The molecular formula is C11H11ClO2. The van der Waals surface area contributed by atoms with Gasteiger partial charge in [-0.1, -0.05) is 23.7 Å². The molecule has 1 fully saturated rings. The highest BCUT2D eigenvalue weighted by Crippen LogP contribution is 2.43. The molecule has 1 aromatic rings. The molecule has 1 unspecified atom stereocenters. The zero-order valence-electron chi connectivity index (χ0n) is 7.61. The van der Waals surface area contributed by atoms with Gasteiger partial charge in [-0.25, -0.2) is 0 Å². The molecule has 1 atom stereocenters. The number of carboxylic acid groups (broad SMARTS) is 1. The number of carbonyl (C=O) groups is 1. The van der Waals surface area contributed by atoms with Crippen molar-refractivity contribution in [1.82, 2.24) is 0 Å². The average molecular weight is 211 g/mol. The van der Waals surface area contributed by atoms with Crippen LogP contribution in [-0.4, -0.2) is 11.1 Å². The molecule has 14 heavy (non-hydrogen) atoms. The Hall–Kier alpha value is -1.02. The van der Waals surface area contributed by atoms with Gasteiger partial charge in [-0.2, -0.15) is 0 Å². The third-order valence-corrected chi connectivity index (χ3v) is 2.80. The van der Waals surface area contributed by atoms with Gasteiger partial charge < -0.3 is 5.11 Å². The third kappa shape index (κ3) is 1.90. The molecule has 1 saturated carbocycles. The van der Waals surface area contributed by atoms with Crippen LogP contribution in [-0.2, 0) is 4.79 Å². The Balaban J connectivity index is 2.30. The summed E-state index contributed by atoms with van der Waals surface area (Å²) < 4.78 is 0. The molecule has 3 heteroatoms. The third-order valence-electron chi connectivity index (χ3n) is 2.57. The lowest BCUT2D eigenvalue weighted by atomic mass is 9.94. The maximum absolute atomic E-state index is 11.0. The molecule has 0 aromatic heterocycles. The molecule has 0 radical (unpaired) electrons. The van der Waals surface area contributed by atoms with E-state index in [-0.39, 0.29) is 5.92 Å². The van der Waals surface area contributed by atoms with Crippen LogP contribution in [0.15, 0.2) is 24.3 Å². The monoisotopic (exact) mass is 210 g/mol. The van der Waals surface area contributed by atoms with Crippen LogP contribution in [0, 0.1) is 5.92 Å². The number of halogens is 1. The van der Waals surface area contributed by atoms with Crippen LogP contribution in [0.3, 0.4) is 0 Å².